The molecule has 0 heterocycles. The molecule has 16 heteroatoms. The molecule has 0 saturated carbocycles. The van der Waals surface area contributed by atoms with Gasteiger partial charge in [-0.05, 0) is 131 Å². The summed E-state index contributed by atoms with van der Waals surface area (Å²) in [5.41, 5.74) is 4.73. The number of ether oxygens (including phenoxy) is 3. The first-order chi connectivity index (χ1) is 34.0. The van der Waals surface area contributed by atoms with Crippen LogP contribution in [-0.2, 0) is 23.8 Å². The molecule has 0 saturated heterocycles. The number of carbonyl (C=O) groups excluding carboxylic acids is 4. The fourth-order valence-corrected chi connectivity index (χ4v) is 6.79. The third-order valence-corrected chi connectivity index (χ3v) is 11.7. The van der Waals surface area contributed by atoms with E-state index in [1.807, 2.05) is 132 Å². The summed E-state index contributed by atoms with van der Waals surface area (Å²) in [4.78, 5) is 61.4. The van der Waals surface area contributed by atoms with Gasteiger partial charge in [0.05, 0.1) is 44.9 Å². The van der Waals surface area contributed by atoms with E-state index in [-0.39, 0.29) is 51.6 Å². The van der Waals surface area contributed by atoms with Crippen molar-refractivity contribution in [1.29, 1.82) is 0 Å². The van der Waals surface area contributed by atoms with Crippen LogP contribution in [0.25, 0.3) is 0 Å². The number of esters is 3. The van der Waals surface area contributed by atoms with E-state index in [1.54, 1.807) is 31.3 Å². The van der Waals surface area contributed by atoms with E-state index in [9.17, 15) is 29.3 Å². The van der Waals surface area contributed by atoms with Crippen LogP contribution in [0.5, 0.6) is 0 Å². The summed E-state index contributed by atoms with van der Waals surface area (Å²) >= 11 is 0. The minimum atomic E-state index is -0.534. The van der Waals surface area contributed by atoms with E-state index in [0.29, 0.717) is 47.8 Å². The van der Waals surface area contributed by atoms with Crippen LogP contribution in [0.1, 0.15) is 121 Å². The Labute approximate surface area is 432 Å². The molecule has 16 nitrogen and oxygen atoms in total. The lowest BCUT2D eigenvalue weighted by Crippen LogP contribution is -2.32. The van der Waals surface area contributed by atoms with Crippen molar-refractivity contribution in [3.05, 3.63) is 154 Å². The third-order valence-electron chi connectivity index (χ3n) is 11.7. The highest BCUT2D eigenvalue weighted by Crippen LogP contribution is 2.30. The van der Waals surface area contributed by atoms with Gasteiger partial charge in [0.2, 0.25) is 0 Å². The molecule has 1 N–H and O–H groups in total. The minimum Gasteiger partial charge on any atom is -0.463 e. The number of nitro groups is 1. The van der Waals surface area contributed by atoms with Gasteiger partial charge in [-0.2, -0.15) is 20.5 Å². The largest absolute Gasteiger partial charge is 0.463 e. The van der Waals surface area contributed by atoms with Crippen molar-refractivity contribution in [3.8, 4) is 0 Å². The number of amides is 1. The van der Waals surface area contributed by atoms with Crippen molar-refractivity contribution in [1.82, 2.24) is 0 Å². The maximum Gasteiger partial charge on any atom is 0.338 e. The highest BCUT2D eigenvalue weighted by molar-refractivity contribution is 6.04. The topological polar surface area (TPSA) is 204 Å². The number of nitrogens with zero attached hydrogens (tertiary/aromatic N) is 6. The number of benzene rings is 5. The van der Waals surface area contributed by atoms with Gasteiger partial charge in [0.15, 0.2) is 0 Å². The summed E-state index contributed by atoms with van der Waals surface area (Å²) in [6.45, 7) is 14.8. The lowest BCUT2D eigenvalue weighted by molar-refractivity contribution is -0.384. The van der Waals surface area contributed by atoms with Crippen LogP contribution in [0, 0.1) is 27.9 Å². The normalized spacial score (nSPS) is 12.1. The predicted molar refractivity (Wildman–Crippen MR) is 292 cm³/mol. The molecule has 394 valence electrons. The van der Waals surface area contributed by atoms with Crippen LogP contribution in [0.2, 0.25) is 0 Å². The highest BCUT2D eigenvalue weighted by atomic mass is 16.6. The van der Waals surface area contributed by atoms with Crippen molar-refractivity contribution >= 4 is 57.9 Å². The van der Waals surface area contributed by atoms with E-state index in [1.165, 1.54) is 24.3 Å². The average Bonchev–Trinajstić information content (AvgIpc) is 3.38. The molecular formula is C57H77N7O9. The number of likely N-dealkylation sites (N-methyl/N-ethyl adjacent to an activating group) is 1. The molecule has 2 atom stereocenters. The number of hydrogen-bond acceptors (Lipinski definition) is 14. The Balaban J connectivity index is 0.000000608. The van der Waals surface area contributed by atoms with Gasteiger partial charge in [0.25, 0.3) is 11.6 Å². The lowest BCUT2D eigenvalue weighted by atomic mass is 9.83. The van der Waals surface area contributed by atoms with Gasteiger partial charge in [-0.15, -0.1) is 0 Å². The first-order valence-corrected chi connectivity index (χ1v) is 23.8. The fourth-order valence-electron chi connectivity index (χ4n) is 6.79. The zero-order valence-electron chi connectivity index (χ0n) is 42.6. The number of nitrogens with one attached hydrogen (secondary N) is 1. The first kappa shape index (κ1) is 63.4. The number of rotatable bonds is 22. The molecule has 0 aliphatic rings. The molecule has 0 fully saturated rings. The monoisotopic (exact) mass is 1000 g/mol. The second-order valence-corrected chi connectivity index (χ2v) is 17.2. The Bertz CT molecular complexity index is 2480. The van der Waals surface area contributed by atoms with E-state index in [2.05, 4.69) is 32.7 Å². The van der Waals surface area contributed by atoms with Crippen LogP contribution >= 0.6 is 0 Å². The van der Waals surface area contributed by atoms with E-state index < -0.39 is 21.7 Å². The highest BCUT2D eigenvalue weighted by Gasteiger charge is 2.33. The number of anilines is 2. The smallest absolute Gasteiger partial charge is 0.338 e. The molecule has 1 amide bonds. The molecule has 5 aromatic rings. The quantitative estimate of drug-likeness (QED) is 0.0173. The molecule has 0 aliphatic carbocycles. The Hall–Kier alpha value is -7.62. The van der Waals surface area contributed by atoms with Gasteiger partial charge in [-0.1, -0.05) is 91.3 Å². The van der Waals surface area contributed by atoms with Crippen molar-refractivity contribution in [3.63, 3.8) is 0 Å². The van der Waals surface area contributed by atoms with Crippen molar-refractivity contribution in [2.45, 2.75) is 102 Å². The minimum absolute atomic E-state index is 0. The molecule has 73 heavy (non-hydrogen) atoms. The van der Waals surface area contributed by atoms with Crippen molar-refractivity contribution in [2.24, 2.45) is 31.3 Å². The number of non-ortho nitro benzene ring substituents is 1. The van der Waals surface area contributed by atoms with Gasteiger partial charge in [0.1, 0.15) is 19.8 Å². The average molecular weight is 1000 g/mol. The van der Waals surface area contributed by atoms with Crippen LogP contribution in [-0.4, -0.2) is 69.2 Å². The van der Waals surface area contributed by atoms with Crippen LogP contribution < -0.4 is 10.2 Å². The summed E-state index contributed by atoms with van der Waals surface area (Å²) < 4.78 is 16.0. The predicted octanol–water partition coefficient (Wildman–Crippen LogP) is 15.0. The van der Waals surface area contributed by atoms with E-state index in [0.717, 1.165) is 49.0 Å². The summed E-state index contributed by atoms with van der Waals surface area (Å²) in [6, 6.07) is 36.7. The molecular weight excluding hydrogens is 927 g/mol. The lowest BCUT2D eigenvalue weighted by Gasteiger charge is -2.26. The zero-order valence-corrected chi connectivity index (χ0v) is 42.6. The molecule has 5 aromatic carbocycles. The molecule has 0 radical (unpaired) electrons. The molecule has 0 spiro atoms. The van der Waals surface area contributed by atoms with E-state index >= 15 is 0 Å². The standard InChI is InChI=1S/C25H31NO5.C23H30N4O4.C7H8N2.2CH4/c1-5-15-25(4,6-2)24(29)31-17-16-30-23(28)20-11-9-19(10-12-20)22(27)26-21-13-7-18(3)8-14-21;1-5-15-23(3,6-2)22(28)31-17-16-26(4)20-11-7-18(8-12-20)24-25-19-9-13-21(14-10-19)27(29)30;1-8-9-7-5-3-2-4-6-7;;/h7-14H,5-6,15-17H2,1-4H3,(H,26,27);7-14H,5-6,15-17H2,1-4H3;2-6H,1H3;2*1H4. The number of azo groups is 2. The maximum atomic E-state index is 12.4. The first-order valence-electron chi connectivity index (χ1n) is 23.8. The Kier molecular flexibility index (Phi) is 28.8. The van der Waals surface area contributed by atoms with Gasteiger partial charge in [-0.25, -0.2) is 4.79 Å². The Morgan fingerprint density at radius 2 is 1.08 bits per heavy atom. The van der Waals surface area contributed by atoms with Crippen LogP contribution in [0.15, 0.2) is 148 Å². The van der Waals surface area contributed by atoms with Gasteiger partial charge < -0.3 is 24.4 Å². The van der Waals surface area contributed by atoms with Crippen molar-refractivity contribution < 1.29 is 38.3 Å². The SMILES string of the molecule is C.C.CCCC(C)(CC)C(=O)OCCN(C)c1ccc(N=Nc2ccc([N+](=O)[O-])cc2)cc1.CCCC(C)(CC)C(=O)OCCOC(=O)c1ccc(C(=O)Nc2ccc(C)cc2)cc1.CN=Nc1ccccc1. The van der Waals surface area contributed by atoms with Crippen LogP contribution in [0.4, 0.5) is 34.1 Å². The number of hydrogen-bond donors (Lipinski definition) is 1. The Morgan fingerprint density at radius 3 is 1.56 bits per heavy atom. The number of carbonyl (C=O) groups is 4. The van der Waals surface area contributed by atoms with E-state index in [4.69, 9.17) is 14.2 Å². The van der Waals surface area contributed by atoms with Crippen LogP contribution in [0.3, 0.4) is 0 Å². The van der Waals surface area contributed by atoms with Gasteiger partial charge >= 0.3 is 17.9 Å². The second kappa shape index (κ2) is 33.1. The van der Waals surface area contributed by atoms with Gasteiger partial charge in [0, 0.05) is 43.2 Å². The Morgan fingerprint density at radius 1 is 0.616 bits per heavy atom. The van der Waals surface area contributed by atoms with Gasteiger partial charge in [-0.3, -0.25) is 24.5 Å². The summed E-state index contributed by atoms with van der Waals surface area (Å²) in [6.07, 6.45) is 4.90. The number of aryl methyl sites for hydroxylation is 1. The second-order valence-electron chi connectivity index (χ2n) is 17.2. The fraction of sp³-hybridized carbons (Fsp3) is 0.404. The van der Waals surface area contributed by atoms with Crippen molar-refractivity contribution in [2.75, 3.05) is 50.7 Å². The molecule has 2 unspecified atom stereocenters. The molecule has 5 rings (SSSR count). The number of nitro benzene ring substituents is 1. The molecule has 0 bridgehead atoms. The zero-order chi connectivity index (χ0) is 52.2. The summed E-state index contributed by atoms with van der Waals surface area (Å²) in [7, 11) is 3.60. The maximum absolute atomic E-state index is 12.4. The molecule has 0 aliphatic heterocycles. The summed E-state index contributed by atoms with van der Waals surface area (Å²) in [5, 5.41) is 29.2. The molecule has 0 aromatic heterocycles. The third kappa shape index (κ3) is 21.7. The summed E-state index contributed by atoms with van der Waals surface area (Å²) in [5.74, 6) is -1.20.